The van der Waals surface area contributed by atoms with E-state index < -0.39 is 54.0 Å². The van der Waals surface area contributed by atoms with Gasteiger partial charge in [-0.2, -0.15) is 0 Å². The highest BCUT2D eigenvalue weighted by Gasteiger charge is 2.37. The van der Waals surface area contributed by atoms with Crippen LogP contribution in [0.2, 0.25) is 0 Å². The van der Waals surface area contributed by atoms with Gasteiger partial charge in [-0.15, -0.1) is 0 Å². The van der Waals surface area contributed by atoms with E-state index in [0.29, 0.717) is 12.8 Å². The molecule has 0 aliphatic heterocycles. The first kappa shape index (κ1) is 36.8. The van der Waals surface area contributed by atoms with E-state index in [9.17, 15) is 19.2 Å². The average molecular weight is 790 g/mol. The van der Waals surface area contributed by atoms with Gasteiger partial charge in [0.25, 0.3) is 0 Å². The summed E-state index contributed by atoms with van der Waals surface area (Å²) in [5.74, 6) is -1.81. The van der Waals surface area contributed by atoms with E-state index in [1.807, 2.05) is 13.8 Å². The van der Waals surface area contributed by atoms with Gasteiger partial charge in [-0.25, -0.2) is 0 Å². The first-order valence-electron chi connectivity index (χ1n) is 11.9. The lowest BCUT2D eigenvalue weighted by Crippen LogP contribution is -2.43. The minimum absolute atomic E-state index is 0.0342. The monoisotopic (exact) mass is 786 g/mol. The molecule has 13 heteroatoms. The average Bonchev–Trinajstić information content (AvgIpc) is 2.85. The lowest BCUT2D eigenvalue weighted by atomic mass is 9.86. The molecule has 0 spiro atoms. The standard InChI is InChI=1S/C24H38Br4O9/c1-7-23(11-34-19(29)15(3)25,12-35-20(30)16(4)26)9-33-10-24(8-2,13-36-21(31)17(5)27)14-37-22(32)18(6)28/h15-18H,7-14H2,1-6H3. The summed E-state index contributed by atoms with van der Waals surface area (Å²) in [5.41, 5.74) is -1.65. The largest absolute Gasteiger partial charge is 0.464 e. The summed E-state index contributed by atoms with van der Waals surface area (Å²) in [4.78, 5) is 46.4. The topological polar surface area (TPSA) is 114 Å². The molecule has 4 unspecified atom stereocenters. The molecule has 0 radical (unpaired) electrons. The Hall–Kier alpha value is -0.240. The molecular weight excluding hydrogens is 752 g/mol. The van der Waals surface area contributed by atoms with Crippen molar-refractivity contribution in [3.8, 4) is 0 Å². The van der Waals surface area contributed by atoms with Gasteiger partial charge in [-0.3, -0.25) is 19.2 Å². The van der Waals surface area contributed by atoms with Crippen molar-refractivity contribution in [1.82, 2.24) is 0 Å². The Balaban J connectivity index is 5.69. The zero-order valence-corrected chi connectivity index (χ0v) is 28.5. The molecule has 0 rings (SSSR count). The molecule has 0 bridgehead atoms. The number of esters is 4. The second-order valence-corrected chi connectivity index (χ2v) is 14.6. The summed E-state index contributed by atoms with van der Waals surface area (Å²) in [5, 5.41) is 0. The van der Waals surface area contributed by atoms with Crippen LogP contribution < -0.4 is 0 Å². The predicted molar refractivity (Wildman–Crippen MR) is 154 cm³/mol. The highest BCUT2D eigenvalue weighted by atomic mass is 79.9. The third-order valence-electron chi connectivity index (χ3n) is 5.70. The summed E-state index contributed by atoms with van der Waals surface area (Å²) < 4.78 is 27.9. The van der Waals surface area contributed by atoms with Gasteiger partial charge in [-0.1, -0.05) is 77.6 Å². The van der Waals surface area contributed by atoms with Gasteiger partial charge < -0.3 is 23.7 Å². The maximum atomic E-state index is 12.1. The normalized spacial score (nSPS) is 17.8. The highest BCUT2D eigenvalue weighted by Crippen LogP contribution is 2.29. The molecular formula is C24H38Br4O9. The SMILES string of the molecule is CCC(COCC(CC)(COC(=O)C(C)Br)COC(=O)C(C)Br)(COC(=O)C(C)Br)COC(=O)C(C)Br. The number of hydrogen-bond acceptors (Lipinski definition) is 9. The van der Waals surface area contributed by atoms with Crippen LogP contribution in [0.4, 0.5) is 0 Å². The van der Waals surface area contributed by atoms with Gasteiger partial charge in [0, 0.05) is 0 Å². The van der Waals surface area contributed by atoms with E-state index in [0.717, 1.165) is 0 Å². The number of carbonyl (C=O) groups excluding carboxylic acids is 4. The molecule has 0 fully saturated rings. The number of rotatable bonds is 18. The third kappa shape index (κ3) is 14.1. The van der Waals surface area contributed by atoms with Crippen molar-refractivity contribution in [3.63, 3.8) is 0 Å². The Morgan fingerprint density at radius 2 is 0.730 bits per heavy atom. The van der Waals surface area contributed by atoms with Gasteiger partial charge in [0.2, 0.25) is 0 Å². The van der Waals surface area contributed by atoms with Crippen LogP contribution in [-0.4, -0.2) is 82.8 Å². The second kappa shape index (κ2) is 18.2. The van der Waals surface area contributed by atoms with E-state index in [4.69, 9.17) is 23.7 Å². The van der Waals surface area contributed by atoms with Crippen molar-refractivity contribution in [1.29, 1.82) is 0 Å². The molecule has 0 N–H and O–H groups in total. The number of hydrogen-bond donors (Lipinski definition) is 0. The number of carbonyl (C=O) groups is 4. The van der Waals surface area contributed by atoms with Crippen molar-refractivity contribution < 1.29 is 42.9 Å². The minimum Gasteiger partial charge on any atom is -0.464 e. The molecule has 0 aromatic heterocycles. The van der Waals surface area contributed by atoms with Crippen LogP contribution in [0.5, 0.6) is 0 Å². The van der Waals surface area contributed by atoms with E-state index in [1.165, 1.54) is 0 Å². The Morgan fingerprint density at radius 3 is 0.892 bits per heavy atom. The van der Waals surface area contributed by atoms with E-state index >= 15 is 0 Å². The second-order valence-electron chi connectivity index (χ2n) is 9.09. The Bertz CT molecular complexity index is 634. The smallest absolute Gasteiger partial charge is 0.319 e. The first-order valence-corrected chi connectivity index (χ1v) is 15.6. The van der Waals surface area contributed by atoms with Crippen LogP contribution in [0.3, 0.4) is 0 Å². The van der Waals surface area contributed by atoms with E-state index in [2.05, 4.69) is 63.7 Å². The van der Waals surface area contributed by atoms with Crippen molar-refractivity contribution in [3.05, 3.63) is 0 Å². The quantitative estimate of drug-likeness (QED) is 0.106. The molecule has 0 aromatic rings. The van der Waals surface area contributed by atoms with E-state index in [-0.39, 0.29) is 39.6 Å². The van der Waals surface area contributed by atoms with Crippen LogP contribution in [-0.2, 0) is 42.9 Å². The Morgan fingerprint density at radius 1 is 0.514 bits per heavy atom. The fourth-order valence-corrected chi connectivity index (χ4v) is 3.23. The summed E-state index contributed by atoms with van der Waals surface area (Å²) in [6.07, 6.45) is 0.957. The molecule has 0 aliphatic carbocycles. The fraction of sp³-hybridized carbons (Fsp3) is 0.833. The molecule has 216 valence electrons. The molecule has 0 aromatic carbocycles. The van der Waals surface area contributed by atoms with Gasteiger partial charge >= 0.3 is 23.9 Å². The van der Waals surface area contributed by atoms with Crippen LogP contribution in [0.25, 0.3) is 0 Å². The van der Waals surface area contributed by atoms with Crippen LogP contribution in [0, 0.1) is 10.8 Å². The van der Waals surface area contributed by atoms with Crippen molar-refractivity contribution in [2.45, 2.75) is 73.7 Å². The van der Waals surface area contributed by atoms with Crippen LogP contribution in [0.15, 0.2) is 0 Å². The van der Waals surface area contributed by atoms with Gasteiger partial charge in [0.1, 0.15) is 45.7 Å². The van der Waals surface area contributed by atoms with Crippen molar-refractivity contribution in [2.75, 3.05) is 39.6 Å². The molecule has 0 saturated heterocycles. The summed E-state index contributed by atoms with van der Waals surface area (Å²) in [6.45, 7) is 10.4. The van der Waals surface area contributed by atoms with Crippen molar-refractivity contribution >= 4 is 87.6 Å². The van der Waals surface area contributed by atoms with Crippen molar-refractivity contribution in [2.24, 2.45) is 10.8 Å². The number of ether oxygens (including phenoxy) is 5. The number of halogens is 4. The van der Waals surface area contributed by atoms with Gasteiger partial charge in [0.15, 0.2) is 0 Å². The number of alkyl halides is 4. The lowest BCUT2D eigenvalue weighted by Gasteiger charge is -2.35. The van der Waals surface area contributed by atoms with Gasteiger partial charge in [-0.05, 0) is 40.5 Å². The predicted octanol–water partition coefficient (Wildman–Crippen LogP) is 5.10. The molecule has 37 heavy (non-hydrogen) atoms. The summed E-state index contributed by atoms with van der Waals surface area (Å²) >= 11 is 12.8. The zero-order valence-electron chi connectivity index (χ0n) is 22.2. The minimum atomic E-state index is -0.823. The summed E-state index contributed by atoms with van der Waals surface area (Å²) in [6, 6.07) is 0. The van der Waals surface area contributed by atoms with Crippen LogP contribution in [0.1, 0.15) is 54.4 Å². The zero-order chi connectivity index (χ0) is 28.8. The van der Waals surface area contributed by atoms with E-state index in [1.54, 1.807) is 27.7 Å². The third-order valence-corrected chi connectivity index (χ3v) is 7.19. The van der Waals surface area contributed by atoms with Gasteiger partial charge in [0.05, 0.1) is 24.0 Å². The Labute approximate surface area is 253 Å². The van der Waals surface area contributed by atoms with Crippen LogP contribution >= 0.6 is 63.7 Å². The fourth-order valence-electron chi connectivity index (χ4n) is 2.70. The highest BCUT2D eigenvalue weighted by molar-refractivity contribution is 9.10. The molecule has 4 atom stereocenters. The molecule has 0 aliphatic rings. The Kier molecular flexibility index (Phi) is 18.1. The first-order chi connectivity index (χ1) is 17.1. The lowest BCUT2D eigenvalue weighted by molar-refractivity contribution is -0.162. The molecule has 0 saturated carbocycles. The maximum Gasteiger partial charge on any atom is 0.319 e. The summed E-state index contributed by atoms with van der Waals surface area (Å²) in [7, 11) is 0. The molecule has 0 heterocycles. The maximum absolute atomic E-state index is 12.1. The molecule has 9 nitrogen and oxygen atoms in total. The molecule has 0 amide bonds.